The van der Waals surface area contributed by atoms with Crippen LogP contribution in [0.2, 0.25) is 0 Å². The zero-order valence-electron chi connectivity index (χ0n) is 64.5. The van der Waals surface area contributed by atoms with Crippen LogP contribution < -0.4 is 34.6 Å². The van der Waals surface area contributed by atoms with Gasteiger partial charge in [-0.2, -0.15) is 12.6 Å². The molecule has 0 aliphatic carbocycles. The second kappa shape index (κ2) is 26.5. The molecular weight excluding hydrogens is 1210 g/mol. The molecule has 0 radical (unpaired) electrons. The number of hydroxylamine groups is 1. The lowest BCUT2D eigenvalue weighted by Crippen LogP contribution is -2.92. The molecule has 0 unspecified atom stereocenters. The largest absolute Gasteiger partial charge is 0.507 e. The number of rotatable bonds is 17. The van der Waals surface area contributed by atoms with Gasteiger partial charge in [-0.3, -0.25) is 4.84 Å². The van der Waals surface area contributed by atoms with Crippen LogP contribution in [0.25, 0.3) is 0 Å². The third-order valence-electron chi connectivity index (χ3n) is 18.1. The number of benzene rings is 5. The fourth-order valence-electron chi connectivity index (χ4n) is 12.5. The molecule has 7 N–H and O–H groups in total. The van der Waals surface area contributed by atoms with E-state index in [0.717, 1.165) is 32.1 Å². The molecule has 0 aromatic heterocycles. The normalized spacial score (nSPS) is 17.8. The number of hydrogen-bond donors (Lipinski definition) is 8. The lowest BCUT2D eigenvalue weighted by Gasteiger charge is -2.54. The molecule has 5 aromatic rings. The van der Waals surface area contributed by atoms with E-state index in [2.05, 4.69) is 225 Å². The van der Waals surface area contributed by atoms with Crippen molar-refractivity contribution in [2.75, 3.05) is 6.54 Å². The van der Waals surface area contributed by atoms with Crippen molar-refractivity contribution < 1.29 is 54.2 Å². The molecule has 0 bridgehead atoms. The molecule has 1 aliphatic rings. The Morgan fingerprint density at radius 1 is 0.316 bits per heavy atom. The molecular formula is C81H126N3O10S+. The van der Waals surface area contributed by atoms with Crippen molar-refractivity contribution in [3.8, 4) is 57.5 Å². The van der Waals surface area contributed by atoms with Gasteiger partial charge < -0.3 is 44.5 Å². The van der Waals surface area contributed by atoms with E-state index in [9.17, 15) is 25.5 Å². The van der Waals surface area contributed by atoms with Crippen molar-refractivity contribution in [2.24, 2.45) is 0 Å². The Kier molecular flexibility index (Phi) is 21.9. The Morgan fingerprint density at radius 3 is 0.684 bits per heavy atom. The van der Waals surface area contributed by atoms with Crippen LogP contribution >= 0.6 is 12.6 Å². The SMILES string of the molecule is CCCCCCCC[N+]1(Oc2cc(C(C)(C)C)c(O)c(C(C)(C)C)c2)NC(Oc2cc(C(C)(C)C)c(O)c(C(C)(C)C)c2)(Oc2cc(C(C)(C)C)c(O)c(C(C)(C)C)c2)C(S)C(Oc2cc(C(C)(C)C)c(O)c(C(C)(C)C)c2)(Oc2cc(C(C)(C)C)c(O)c(C(C)(C)C)c2)N1. The quantitative estimate of drug-likeness (QED) is 0.0192. The van der Waals surface area contributed by atoms with Crippen LogP contribution in [0, 0.1) is 0 Å². The molecule has 0 spiro atoms. The highest BCUT2D eigenvalue weighted by Gasteiger charge is 2.72. The van der Waals surface area contributed by atoms with Gasteiger partial charge >= 0.3 is 11.8 Å². The number of phenols is 5. The minimum atomic E-state index is -2.34. The topological polar surface area (TPSA) is 171 Å². The van der Waals surface area contributed by atoms with Crippen molar-refractivity contribution in [1.29, 1.82) is 0 Å². The number of aromatic hydroxyl groups is 5. The zero-order valence-corrected chi connectivity index (χ0v) is 65.4. The molecule has 1 fully saturated rings. The van der Waals surface area contributed by atoms with Crippen LogP contribution in [0.1, 0.15) is 309 Å². The number of quaternary nitrogens is 1. The molecule has 6 rings (SSSR count). The van der Waals surface area contributed by atoms with Crippen LogP contribution in [-0.4, -0.2) is 54.0 Å². The lowest BCUT2D eigenvalue weighted by atomic mass is 9.79. The number of ether oxygens (including phenoxy) is 4. The van der Waals surface area contributed by atoms with E-state index < -0.39 is 76.1 Å². The highest BCUT2D eigenvalue weighted by Crippen LogP contribution is 2.52. The third kappa shape index (κ3) is 17.8. The summed E-state index contributed by atoms with van der Waals surface area (Å²) < 4.78 is 31.9. The van der Waals surface area contributed by atoms with E-state index in [1.807, 2.05) is 60.7 Å². The highest BCUT2D eigenvalue weighted by molar-refractivity contribution is 7.81. The van der Waals surface area contributed by atoms with E-state index in [1.54, 1.807) is 0 Å². The van der Waals surface area contributed by atoms with Gasteiger partial charge in [0.2, 0.25) is 0 Å². The van der Waals surface area contributed by atoms with Crippen molar-refractivity contribution in [3.05, 3.63) is 116 Å². The maximum absolute atomic E-state index is 12.5. The van der Waals surface area contributed by atoms with Gasteiger partial charge in [-0.1, -0.05) is 240 Å². The van der Waals surface area contributed by atoms with E-state index >= 15 is 0 Å². The summed E-state index contributed by atoms with van der Waals surface area (Å²) in [5.41, 5.74) is 7.99. The summed E-state index contributed by atoms with van der Waals surface area (Å²) in [6.07, 6.45) is 5.41. The summed E-state index contributed by atoms with van der Waals surface area (Å²) in [6, 6.07) is 18.6. The van der Waals surface area contributed by atoms with Gasteiger partial charge in [-0.05, 0) is 132 Å². The Labute approximate surface area is 579 Å². The summed E-state index contributed by atoms with van der Waals surface area (Å²) in [6.45, 7) is 64.0. The number of nitrogens with zero attached hydrogens (tertiary/aromatic N) is 1. The second-order valence-electron chi connectivity index (χ2n) is 37.5. The summed E-state index contributed by atoms with van der Waals surface area (Å²) >= 11 is 5.94. The predicted molar refractivity (Wildman–Crippen MR) is 394 cm³/mol. The van der Waals surface area contributed by atoms with Gasteiger partial charge in [-0.15, -0.1) is 0 Å². The van der Waals surface area contributed by atoms with Crippen LogP contribution in [0.5, 0.6) is 57.5 Å². The first-order chi connectivity index (χ1) is 42.7. The Balaban J connectivity index is 2.01. The predicted octanol–water partition coefficient (Wildman–Crippen LogP) is 20.6. The van der Waals surface area contributed by atoms with Gasteiger partial charge in [0.25, 0.3) is 0 Å². The first-order valence-corrected chi connectivity index (χ1v) is 35.2. The molecule has 13 nitrogen and oxygen atoms in total. The number of thiol groups is 1. The monoisotopic (exact) mass is 1330 g/mol. The van der Waals surface area contributed by atoms with Gasteiger partial charge in [-0.25, -0.2) is 0 Å². The standard InChI is InChI=1S/C81H125N3O10S/c1-32-33-34-35-36-37-38-84(94-53-47-62(78(26,27)28)68(89)63(48-53)79(29,30)31)82-80(90-49-39-54(70(2,3)4)64(85)55(40-49)71(5,6)7,91-50-41-56(72(8,9)10)65(86)57(42-50)73(11,12)13)69(95)81(83-84,92-51-43-58(74(14,15)16)66(87)59(44-51)75(17,18)19)93-52-45-60(76(20,21)22)67(88)61(46-52)77(23,24)25/h39-48,69,82-83H,32-38H2,1-31H3,(H5-,85,86,87,88,89,95)/p+1. The molecule has 0 saturated carbocycles. The van der Waals surface area contributed by atoms with Gasteiger partial charge in [0.15, 0.2) is 17.5 Å². The van der Waals surface area contributed by atoms with Crippen LogP contribution in [0.3, 0.4) is 0 Å². The maximum atomic E-state index is 12.5. The first-order valence-electron chi connectivity index (χ1n) is 34.7. The molecule has 14 heteroatoms. The number of unbranched alkanes of at least 4 members (excludes halogenated alkanes) is 5. The van der Waals surface area contributed by atoms with Crippen molar-refractivity contribution >= 4 is 12.6 Å². The van der Waals surface area contributed by atoms with Gasteiger partial charge in [0.1, 0.15) is 51.7 Å². The molecule has 1 heterocycles. The summed E-state index contributed by atoms with van der Waals surface area (Å²) in [5.74, 6) is -2.42. The van der Waals surface area contributed by atoms with Crippen molar-refractivity contribution in [1.82, 2.24) is 10.9 Å². The second-order valence-corrected chi connectivity index (χ2v) is 38.0. The first kappa shape index (κ1) is 78.3. The number of nitrogens with one attached hydrogen (secondary N) is 2. The molecule has 530 valence electrons. The zero-order chi connectivity index (χ0) is 72.6. The summed E-state index contributed by atoms with van der Waals surface area (Å²) in [4.78, 5) is 7.14. The number of hydrogen-bond acceptors (Lipinski definition) is 13. The third-order valence-corrected chi connectivity index (χ3v) is 18.7. The Hall–Kier alpha value is -5.67. The van der Waals surface area contributed by atoms with Gasteiger partial charge in [0.05, 0.1) is 0 Å². The lowest BCUT2D eigenvalue weighted by molar-refractivity contribution is -1.17. The smallest absolute Gasteiger partial charge is 0.383 e. The summed E-state index contributed by atoms with van der Waals surface area (Å²) in [5, 5.41) is 60.8. The van der Waals surface area contributed by atoms with Crippen LogP contribution in [0.4, 0.5) is 0 Å². The maximum Gasteiger partial charge on any atom is 0.383 e. The van der Waals surface area contributed by atoms with E-state index in [-0.39, 0.29) is 35.3 Å². The molecule has 5 aromatic carbocycles. The highest BCUT2D eigenvalue weighted by atomic mass is 32.1. The van der Waals surface area contributed by atoms with Crippen LogP contribution in [-0.2, 0) is 54.1 Å². The molecule has 1 saturated heterocycles. The minimum absolute atomic E-state index is 0.138. The average molecular weight is 1330 g/mol. The fraction of sp³-hybridized carbons (Fsp3) is 0.630. The van der Waals surface area contributed by atoms with E-state index in [0.29, 0.717) is 90.8 Å². The Morgan fingerprint density at radius 2 is 0.495 bits per heavy atom. The minimum Gasteiger partial charge on any atom is -0.507 e. The van der Waals surface area contributed by atoms with Crippen molar-refractivity contribution in [2.45, 2.75) is 324 Å². The number of phenolic OH excluding ortho intramolecular Hbond substituents is 5. The van der Waals surface area contributed by atoms with Crippen molar-refractivity contribution in [3.63, 3.8) is 0 Å². The van der Waals surface area contributed by atoms with Crippen LogP contribution in [0.15, 0.2) is 60.7 Å². The average Bonchev–Trinajstić information content (AvgIpc) is 0.710. The fourth-order valence-corrected chi connectivity index (χ4v) is 12.8. The molecule has 95 heavy (non-hydrogen) atoms. The van der Waals surface area contributed by atoms with Gasteiger partial charge in [0, 0.05) is 66.9 Å². The van der Waals surface area contributed by atoms with E-state index in [4.69, 9.17) is 36.4 Å². The molecule has 1 aliphatic heterocycles. The summed E-state index contributed by atoms with van der Waals surface area (Å²) in [7, 11) is 0. The molecule has 0 atom stereocenters. The molecule has 0 amide bonds. The van der Waals surface area contributed by atoms with E-state index in [1.165, 1.54) is 0 Å². The Bertz CT molecular complexity index is 3030.